The van der Waals surface area contributed by atoms with Crippen LogP contribution in [-0.2, 0) is 6.42 Å². The largest absolute Gasteiger partial charge is 0.285 e. The monoisotopic (exact) mass is 350 g/mol. The number of benzene rings is 2. The van der Waals surface area contributed by atoms with E-state index in [9.17, 15) is 4.79 Å². The van der Waals surface area contributed by atoms with Crippen LogP contribution in [0.5, 0.6) is 0 Å². The molecule has 25 heavy (non-hydrogen) atoms. The fourth-order valence-corrected chi connectivity index (χ4v) is 3.17. The van der Waals surface area contributed by atoms with E-state index in [2.05, 4.69) is 63.2 Å². The predicted octanol–water partition coefficient (Wildman–Crippen LogP) is 3.83. The van der Waals surface area contributed by atoms with E-state index in [1.807, 2.05) is 6.92 Å². The van der Waals surface area contributed by atoms with Gasteiger partial charge in [0.25, 0.3) is 5.56 Å². The second-order valence-electron chi connectivity index (χ2n) is 5.94. The molecular formula is C19H15ClN4O. The number of hydrogen-bond donors (Lipinski definition) is 2. The van der Waals surface area contributed by atoms with Gasteiger partial charge in [0.2, 0.25) is 0 Å². The number of anilines is 1. The molecule has 4 rings (SSSR count). The van der Waals surface area contributed by atoms with Crippen molar-refractivity contribution in [3.05, 3.63) is 80.7 Å². The van der Waals surface area contributed by atoms with E-state index in [4.69, 9.17) is 11.6 Å². The zero-order valence-corrected chi connectivity index (χ0v) is 14.3. The number of rotatable bonds is 3. The summed E-state index contributed by atoms with van der Waals surface area (Å²) in [5.41, 5.74) is 9.79. The Kier molecular flexibility index (Phi) is 3.86. The third-order valence-electron chi connectivity index (χ3n) is 4.35. The number of hydrazone groups is 1. The van der Waals surface area contributed by atoms with Gasteiger partial charge in [-0.25, -0.2) is 5.10 Å². The van der Waals surface area contributed by atoms with E-state index in [0.717, 1.165) is 17.7 Å². The first kappa shape index (κ1) is 15.6. The molecule has 0 unspecified atom stereocenters. The van der Waals surface area contributed by atoms with Crippen molar-refractivity contribution in [3.63, 3.8) is 0 Å². The smallest absolute Gasteiger partial charge is 0.275 e. The molecule has 0 saturated heterocycles. The predicted molar refractivity (Wildman–Crippen MR) is 100 cm³/mol. The average Bonchev–Trinajstić information content (AvgIpc) is 3.00. The molecule has 1 aliphatic rings. The number of aromatic nitrogens is 2. The van der Waals surface area contributed by atoms with Gasteiger partial charge in [0.1, 0.15) is 10.7 Å². The second-order valence-corrected chi connectivity index (χ2v) is 6.32. The maximum absolute atomic E-state index is 11.5. The van der Waals surface area contributed by atoms with Gasteiger partial charge in [0.05, 0.1) is 11.9 Å². The van der Waals surface area contributed by atoms with Crippen molar-refractivity contribution in [1.82, 2.24) is 10.2 Å². The Morgan fingerprint density at radius 1 is 1.20 bits per heavy atom. The van der Waals surface area contributed by atoms with Gasteiger partial charge in [-0.2, -0.15) is 10.2 Å². The van der Waals surface area contributed by atoms with E-state index in [1.54, 1.807) is 0 Å². The maximum atomic E-state index is 11.5. The maximum Gasteiger partial charge on any atom is 0.285 e. The Hall–Kier alpha value is -2.92. The lowest BCUT2D eigenvalue weighted by molar-refractivity contribution is 0.986. The molecule has 1 aromatic heterocycles. The summed E-state index contributed by atoms with van der Waals surface area (Å²) in [6.07, 6.45) is 2.36. The first-order chi connectivity index (χ1) is 12.1. The van der Waals surface area contributed by atoms with Crippen molar-refractivity contribution in [2.24, 2.45) is 5.10 Å². The molecule has 5 nitrogen and oxygen atoms in total. The highest BCUT2D eigenvalue weighted by Gasteiger charge is 2.18. The first-order valence-corrected chi connectivity index (χ1v) is 8.26. The number of nitrogens with zero attached hydrogens (tertiary/aromatic N) is 2. The van der Waals surface area contributed by atoms with Gasteiger partial charge in [-0.3, -0.25) is 10.2 Å². The van der Waals surface area contributed by atoms with E-state index < -0.39 is 5.56 Å². The van der Waals surface area contributed by atoms with Crippen LogP contribution in [0.1, 0.15) is 23.6 Å². The molecule has 0 aliphatic heterocycles. The Balaban J connectivity index is 1.61. The van der Waals surface area contributed by atoms with Crippen molar-refractivity contribution in [2.75, 3.05) is 5.43 Å². The Labute approximate surface area is 149 Å². The summed E-state index contributed by atoms with van der Waals surface area (Å²) in [6.45, 7) is 1.91. The summed E-state index contributed by atoms with van der Waals surface area (Å²) in [6, 6.07) is 14.8. The van der Waals surface area contributed by atoms with Gasteiger partial charge in [0.15, 0.2) is 0 Å². The topological polar surface area (TPSA) is 70.1 Å². The van der Waals surface area contributed by atoms with Crippen LogP contribution >= 0.6 is 11.6 Å². The molecule has 124 valence electrons. The Morgan fingerprint density at radius 3 is 2.88 bits per heavy atom. The number of nitrogens with one attached hydrogen (secondary N) is 2. The molecule has 0 spiro atoms. The lowest BCUT2D eigenvalue weighted by Gasteiger charge is -2.07. The number of hydrogen-bond acceptors (Lipinski definition) is 4. The molecule has 3 aromatic rings. The molecular weight excluding hydrogens is 336 g/mol. The fraction of sp³-hybridized carbons (Fsp3) is 0.105. The molecule has 0 fully saturated rings. The molecule has 0 saturated carbocycles. The van der Waals surface area contributed by atoms with Gasteiger partial charge in [-0.1, -0.05) is 48.0 Å². The first-order valence-electron chi connectivity index (χ1n) is 7.88. The zero-order valence-electron chi connectivity index (χ0n) is 13.5. The summed E-state index contributed by atoms with van der Waals surface area (Å²) in [5, 5.41) is 10.4. The fourth-order valence-electron chi connectivity index (χ4n) is 3.04. The van der Waals surface area contributed by atoms with Crippen molar-refractivity contribution >= 4 is 23.0 Å². The summed E-state index contributed by atoms with van der Waals surface area (Å²) in [4.78, 5) is 11.5. The van der Waals surface area contributed by atoms with Crippen LogP contribution in [0.25, 0.3) is 11.1 Å². The summed E-state index contributed by atoms with van der Waals surface area (Å²) in [5.74, 6) is 0. The molecule has 2 N–H and O–H groups in total. The standard InChI is InChI=1S/C19H15ClN4O/c1-11(22-23-17-10-21-24-19(25)18(17)20)12-6-7-16-14(8-12)9-13-4-2-3-5-15(13)16/h2-8,10H,9H2,1H3,(H2,23,24,25)/b22-11-. The SMILES string of the molecule is C/C(=N/Nc1cn[nH]c(=O)c1Cl)c1ccc2c(c1)Cc1ccccc1-2. The van der Waals surface area contributed by atoms with Crippen LogP contribution in [0.15, 0.2) is 58.6 Å². The van der Waals surface area contributed by atoms with Gasteiger partial charge in [-0.05, 0) is 47.2 Å². The molecule has 0 radical (unpaired) electrons. The van der Waals surface area contributed by atoms with E-state index >= 15 is 0 Å². The minimum Gasteiger partial charge on any atom is -0.275 e. The normalized spacial score (nSPS) is 12.6. The quantitative estimate of drug-likeness (QED) is 0.436. The second kappa shape index (κ2) is 6.18. The van der Waals surface area contributed by atoms with E-state index in [0.29, 0.717) is 5.69 Å². The third-order valence-corrected chi connectivity index (χ3v) is 4.73. The lowest BCUT2D eigenvalue weighted by Crippen LogP contribution is -2.10. The van der Waals surface area contributed by atoms with Gasteiger partial charge in [0, 0.05) is 0 Å². The van der Waals surface area contributed by atoms with Crippen LogP contribution < -0.4 is 11.0 Å². The van der Waals surface area contributed by atoms with Crippen molar-refractivity contribution in [3.8, 4) is 11.1 Å². The molecule has 0 bridgehead atoms. The van der Waals surface area contributed by atoms with Crippen LogP contribution in [-0.4, -0.2) is 15.9 Å². The molecule has 1 heterocycles. The highest BCUT2D eigenvalue weighted by molar-refractivity contribution is 6.32. The van der Waals surface area contributed by atoms with Crippen LogP contribution in [0, 0.1) is 0 Å². The average molecular weight is 351 g/mol. The van der Waals surface area contributed by atoms with Crippen molar-refractivity contribution < 1.29 is 0 Å². The van der Waals surface area contributed by atoms with Gasteiger partial charge >= 0.3 is 0 Å². The summed E-state index contributed by atoms with van der Waals surface area (Å²) in [7, 11) is 0. The van der Waals surface area contributed by atoms with Crippen LogP contribution in [0.4, 0.5) is 5.69 Å². The van der Waals surface area contributed by atoms with E-state index in [1.165, 1.54) is 28.5 Å². The Bertz CT molecular complexity index is 1060. The number of halogens is 1. The molecule has 0 amide bonds. The number of H-pyrrole nitrogens is 1. The molecule has 6 heteroatoms. The van der Waals surface area contributed by atoms with Gasteiger partial charge in [-0.15, -0.1) is 0 Å². The van der Waals surface area contributed by atoms with Gasteiger partial charge < -0.3 is 0 Å². The Morgan fingerprint density at radius 2 is 2.00 bits per heavy atom. The highest BCUT2D eigenvalue weighted by Crippen LogP contribution is 2.36. The minimum absolute atomic E-state index is 0.0379. The van der Waals surface area contributed by atoms with Crippen molar-refractivity contribution in [2.45, 2.75) is 13.3 Å². The molecule has 0 atom stereocenters. The third kappa shape index (κ3) is 2.83. The number of aromatic amines is 1. The molecule has 1 aliphatic carbocycles. The highest BCUT2D eigenvalue weighted by atomic mass is 35.5. The lowest BCUT2D eigenvalue weighted by atomic mass is 10.0. The summed E-state index contributed by atoms with van der Waals surface area (Å²) < 4.78 is 0. The van der Waals surface area contributed by atoms with Crippen LogP contribution in [0.3, 0.4) is 0 Å². The zero-order chi connectivity index (χ0) is 17.4. The number of fused-ring (bicyclic) bond motifs is 3. The summed E-state index contributed by atoms with van der Waals surface area (Å²) >= 11 is 5.94. The molecule has 2 aromatic carbocycles. The van der Waals surface area contributed by atoms with Crippen LogP contribution in [0.2, 0.25) is 5.02 Å². The van der Waals surface area contributed by atoms with E-state index in [-0.39, 0.29) is 5.02 Å². The minimum atomic E-state index is -0.449. The van der Waals surface area contributed by atoms with Crippen molar-refractivity contribution in [1.29, 1.82) is 0 Å².